The highest BCUT2D eigenvalue weighted by atomic mass is 32.1. The Bertz CT molecular complexity index is 612. The molecule has 0 saturated carbocycles. The molecule has 2 heterocycles. The van der Waals surface area contributed by atoms with E-state index in [1.165, 1.54) is 11.1 Å². The molecule has 0 bridgehead atoms. The monoisotopic (exact) mass is 301 g/mol. The summed E-state index contributed by atoms with van der Waals surface area (Å²) in [6, 6.07) is 8.37. The molecule has 0 saturated heterocycles. The van der Waals surface area contributed by atoms with Crippen LogP contribution in [0.2, 0.25) is 0 Å². The van der Waals surface area contributed by atoms with Gasteiger partial charge in [0, 0.05) is 24.7 Å². The summed E-state index contributed by atoms with van der Waals surface area (Å²) >= 11 is 1.56. The summed E-state index contributed by atoms with van der Waals surface area (Å²) in [6.07, 6.45) is 2.78. The summed E-state index contributed by atoms with van der Waals surface area (Å²) in [4.78, 5) is 18.7. The molecule has 0 fully saturated rings. The van der Waals surface area contributed by atoms with Crippen molar-refractivity contribution in [3.63, 3.8) is 0 Å². The first kappa shape index (κ1) is 14.2. The van der Waals surface area contributed by atoms with E-state index >= 15 is 0 Å². The van der Waals surface area contributed by atoms with E-state index in [-0.39, 0.29) is 11.9 Å². The molecule has 1 aromatic carbocycles. The van der Waals surface area contributed by atoms with Crippen molar-refractivity contribution >= 4 is 17.2 Å². The van der Waals surface area contributed by atoms with E-state index in [1.807, 2.05) is 12.3 Å². The Morgan fingerprint density at radius 3 is 3.00 bits per heavy atom. The minimum atomic E-state index is -0.113. The van der Waals surface area contributed by atoms with Gasteiger partial charge in [0.05, 0.1) is 12.6 Å². The second-order valence-electron chi connectivity index (χ2n) is 5.31. The minimum absolute atomic E-state index is 0.0737. The van der Waals surface area contributed by atoms with Crippen molar-refractivity contribution in [1.82, 2.24) is 15.2 Å². The number of nitrogens with one attached hydrogen (secondary N) is 1. The third-order valence-electron chi connectivity index (χ3n) is 3.98. The second kappa shape index (κ2) is 6.37. The number of fused-ring (bicyclic) bond motifs is 1. The lowest BCUT2D eigenvalue weighted by Gasteiger charge is -2.32. The molecule has 110 valence electrons. The van der Waals surface area contributed by atoms with E-state index in [9.17, 15) is 4.79 Å². The lowest BCUT2D eigenvalue weighted by atomic mass is 9.99. The normalized spacial score (nSPS) is 16.2. The number of benzene rings is 1. The molecular formula is C16H19N3OS. The Balaban J connectivity index is 1.58. The molecule has 0 spiro atoms. The van der Waals surface area contributed by atoms with Crippen molar-refractivity contribution in [2.75, 3.05) is 6.54 Å². The van der Waals surface area contributed by atoms with Crippen LogP contribution in [0.1, 0.15) is 23.1 Å². The van der Waals surface area contributed by atoms with Crippen LogP contribution in [0.25, 0.3) is 0 Å². The van der Waals surface area contributed by atoms with Gasteiger partial charge in [0.15, 0.2) is 0 Å². The summed E-state index contributed by atoms with van der Waals surface area (Å²) in [7, 11) is 0. The lowest BCUT2D eigenvalue weighted by Crippen LogP contribution is -2.46. The van der Waals surface area contributed by atoms with E-state index < -0.39 is 0 Å². The van der Waals surface area contributed by atoms with Gasteiger partial charge in [0.1, 0.15) is 5.01 Å². The third kappa shape index (κ3) is 3.31. The molecule has 4 nitrogen and oxygen atoms in total. The molecular weight excluding hydrogens is 282 g/mol. The number of thiazole rings is 1. The number of hydrogen-bond donors (Lipinski definition) is 1. The Labute approximate surface area is 128 Å². The van der Waals surface area contributed by atoms with Crippen LogP contribution in [-0.2, 0) is 24.3 Å². The van der Waals surface area contributed by atoms with Crippen LogP contribution in [-0.4, -0.2) is 28.4 Å². The first-order valence-corrected chi connectivity index (χ1v) is 8.09. The summed E-state index contributed by atoms with van der Waals surface area (Å²) in [5.41, 5.74) is 2.74. The van der Waals surface area contributed by atoms with Gasteiger partial charge >= 0.3 is 0 Å². The molecule has 21 heavy (non-hydrogen) atoms. The smallest absolute Gasteiger partial charge is 0.237 e. The van der Waals surface area contributed by atoms with Crippen LogP contribution in [0, 0.1) is 0 Å². The van der Waals surface area contributed by atoms with Gasteiger partial charge in [-0.3, -0.25) is 9.69 Å². The zero-order valence-corrected chi connectivity index (χ0v) is 12.9. The van der Waals surface area contributed by atoms with Crippen LogP contribution < -0.4 is 5.32 Å². The number of carbonyl (C=O) groups excluding carboxylic acids is 1. The number of amides is 1. The Kier molecular flexibility index (Phi) is 4.31. The molecule has 5 heteroatoms. The van der Waals surface area contributed by atoms with Crippen molar-refractivity contribution in [1.29, 1.82) is 0 Å². The summed E-state index contributed by atoms with van der Waals surface area (Å²) in [5, 5.41) is 5.84. The van der Waals surface area contributed by atoms with E-state index in [0.717, 1.165) is 24.5 Å². The Morgan fingerprint density at radius 2 is 2.24 bits per heavy atom. The number of aromatic nitrogens is 1. The SMILES string of the molecule is CC(C(=O)NCc1nccs1)N1CCc2ccccc2C1. The maximum Gasteiger partial charge on any atom is 0.237 e. The van der Waals surface area contributed by atoms with Crippen LogP contribution in [0.15, 0.2) is 35.8 Å². The van der Waals surface area contributed by atoms with Gasteiger partial charge < -0.3 is 5.32 Å². The predicted molar refractivity (Wildman–Crippen MR) is 84.0 cm³/mol. The molecule has 1 N–H and O–H groups in total. The first-order chi connectivity index (χ1) is 10.2. The van der Waals surface area contributed by atoms with Crippen LogP contribution in [0.3, 0.4) is 0 Å². The van der Waals surface area contributed by atoms with Crippen molar-refractivity contribution < 1.29 is 4.79 Å². The predicted octanol–water partition coefficient (Wildman–Crippen LogP) is 2.21. The third-order valence-corrected chi connectivity index (χ3v) is 4.76. The molecule has 0 radical (unpaired) electrons. The van der Waals surface area contributed by atoms with Gasteiger partial charge in [0.2, 0.25) is 5.91 Å². The van der Waals surface area contributed by atoms with E-state index in [1.54, 1.807) is 17.5 Å². The fraction of sp³-hybridized carbons (Fsp3) is 0.375. The van der Waals surface area contributed by atoms with Crippen LogP contribution in [0.4, 0.5) is 0 Å². The van der Waals surface area contributed by atoms with E-state index in [4.69, 9.17) is 0 Å². The standard InChI is InChI=1S/C16H19N3OS/c1-12(16(20)18-10-15-17-7-9-21-15)19-8-6-13-4-2-3-5-14(13)11-19/h2-5,7,9,12H,6,8,10-11H2,1H3,(H,18,20). The van der Waals surface area contributed by atoms with Gasteiger partial charge in [-0.15, -0.1) is 11.3 Å². The number of hydrogen-bond acceptors (Lipinski definition) is 4. The first-order valence-electron chi connectivity index (χ1n) is 7.21. The van der Waals surface area contributed by atoms with Gasteiger partial charge in [-0.2, -0.15) is 0 Å². The summed E-state index contributed by atoms with van der Waals surface area (Å²) in [6.45, 7) is 4.28. The van der Waals surface area contributed by atoms with Gasteiger partial charge in [-0.05, 0) is 24.5 Å². The maximum absolute atomic E-state index is 12.3. The second-order valence-corrected chi connectivity index (χ2v) is 6.29. The number of nitrogens with zero attached hydrogens (tertiary/aromatic N) is 2. The zero-order chi connectivity index (χ0) is 14.7. The van der Waals surface area contributed by atoms with Gasteiger partial charge in [0.25, 0.3) is 0 Å². The molecule has 1 amide bonds. The van der Waals surface area contributed by atoms with Crippen LogP contribution in [0.5, 0.6) is 0 Å². The van der Waals surface area contributed by atoms with Gasteiger partial charge in [-0.1, -0.05) is 24.3 Å². The molecule has 1 aliphatic heterocycles. The van der Waals surface area contributed by atoms with Crippen molar-refractivity contribution in [3.8, 4) is 0 Å². The highest BCUT2D eigenvalue weighted by Gasteiger charge is 2.24. The lowest BCUT2D eigenvalue weighted by molar-refractivity contribution is -0.126. The molecule has 2 aromatic rings. The maximum atomic E-state index is 12.3. The number of carbonyl (C=O) groups is 1. The quantitative estimate of drug-likeness (QED) is 0.941. The topological polar surface area (TPSA) is 45.2 Å². The highest BCUT2D eigenvalue weighted by molar-refractivity contribution is 7.09. The molecule has 1 unspecified atom stereocenters. The van der Waals surface area contributed by atoms with Gasteiger partial charge in [-0.25, -0.2) is 4.98 Å². The van der Waals surface area contributed by atoms with Crippen LogP contribution >= 0.6 is 11.3 Å². The average molecular weight is 301 g/mol. The zero-order valence-electron chi connectivity index (χ0n) is 12.1. The van der Waals surface area contributed by atoms with Crippen molar-refractivity contribution in [2.45, 2.75) is 32.5 Å². The Hall–Kier alpha value is -1.72. The average Bonchev–Trinajstić information content (AvgIpc) is 3.05. The van der Waals surface area contributed by atoms with Crippen molar-refractivity contribution in [3.05, 3.63) is 52.0 Å². The van der Waals surface area contributed by atoms with Crippen molar-refractivity contribution in [2.24, 2.45) is 0 Å². The summed E-state index contributed by atoms with van der Waals surface area (Å²) in [5.74, 6) is 0.0737. The molecule has 1 atom stereocenters. The van der Waals surface area contributed by atoms with E-state index in [0.29, 0.717) is 6.54 Å². The number of rotatable bonds is 4. The highest BCUT2D eigenvalue weighted by Crippen LogP contribution is 2.20. The Morgan fingerprint density at radius 1 is 1.43 bits per heavy atom. The minimum Gasteiger partial charge on any atom is -0.348 e. The fourth-order valence-electron chi connectivity index (χ4n) is 2.66. The van der Waals surface area contributed by atoms with E-state index in [2.05, 4.69) is 39.5 Å². The largest absolute Gasteiger partial charge is 0.348 e. The molecule has 0 aliphatic carbocycles. The molecule has 1 aliphatic rings. The summed E-state index contributed by atoms with van der Waals surface area (Å²) < 4.78 is 0. The fourth-order valence-corrected chi connectivity index (χ4v) is 3.22. The molecule has 1 aromatic heterocycles. The molecule has 3 rings (SSSR count).